The van der Waals surface area contributed by atoms with Gasteiger partial charge >= 0.3 is 0 Å². The Balaban J connectivity index is 2.18. The molecule has 0 atom stereocenters. The van der Waals surface area contributed by atoms with Gasteiger partial charge in [0.1, 0.15) is 5.69 Å². The van der Waals surface area contributed by atoms with E-state index in [1.165, 1.54) is 42.5 Å². The Hall–Kier alpha value is -1.90. The minimum atomic E-state index is 0.857. The first-order valence-electron chi connectivity index (χ1n) is 8.80. The molecule has 2 rings (SSSR count). The van der Waals surface area contributed by atoms with Gasteiger partial charge in [0.05, 0.1) is 5.69 Å². The van der Waals surface area contributed by atoms with Gasteiger partial charge in [0.25, 0.3) is 0 Å². The van der Waals surface area contributed by atoms with Crippen molar-refractivity contribution in [3.63, 3.8) is 0 Å². The topological polar surface area (TPSA) is 37.3 Å². The monoisotopic (exact) mass is 311 g/mol. The van der Waals surface area contributed by atoms with Crippen molar-refractivity contribution in [3.05, 3.63) is 35.2 Å². The maximum atomic E-state index is 4.84. The van der Waals surface area contributed by atoms with Crippen LogP contribution in [0.5, 0.6) is 0 Å². The van der Waals surface area contributed by atoms with Crippen molar-refractivity contribution in [1.29, 1.82) is 0 Å². The standard InChI is InChI=1S/C20H29N3/c1-5-7-8-9-12-15(3)22-20-19(21-6-2)16(4)17-13-10-11-14-18(17)23-20/h6,10,13H,3,5,7-9,11-12,14H2,1-2,4H3,(H,22,23). The summed E-state index contributed by atoms with van der Waals surface area (Å²) in [5.41, 5.74) is 5.57. The summed E-state index contributed by atoms with van der Waals surface area (Å²) in [5.74, 6) is 0.857. The number of fused-ring (bicyclic) bond motifs is 1. The Morgan fingerprint density at radius 2 is 2.22 bits per heavy atom. The zero-order chi connectivity index (χ0) is 16.7. The van der Waals surface area contributed by atoms with Crippen molar-refractivity contribution in [2.75, 3.05) is 5.32 Å². The SMILES string of the molecule is C=C(CCCCCC)Nc1nc2c(c(C)c1N=CC)C=CCC2. The first kappa shape index (κ1) is 17.5. The minimum absolute atomic E-state index is 0.857. The molecule has 1 aromatic rings. The van der Waals surface area contributed by atoms with E-state index in [9.17, 15) is 0 Å². The molecular weight excluding hydrogens is 282 g/mol. The van der Waals surface area contributed by atoms with Crippen LogP contribution in [0.1, 0.15) is 69.2 Å². The highest BCUT2D eigenvalue weighted by atomic mass is 15.0. The quantitative estimate of drug-likeness (QED) is 0.474. The number of unbranched alkanes of at least 4 members (excludes halogenated alkanes) is 3. The molecule has 1 aliphatic carbocycles. The van der Waals surface area contributed by atoms with Crippen LogP contribution in [0.3, 0.4) is 0 Å². The van der Waals surface area contributed by atoms with E-state index in [1.807, 2.05) is 13.1 Å². The number of anilines is 1. The molecule has 0 unspecified atom stereocenters. The Bertz CT molecular complexity index is 612. The fourth-order valence-electron chi connectivity index (χ4n) is 2.97. The van der Waals surface area contributed by atoms with Crippen LogP contribution < -0.4 is 5.32 Å². The Morgan fingerprint density at radius 1 is 1.39 bits per heavy atom. The summed E-state index contributed by atoms with van der Waals surface area (Å²) < 4.78 is 0. The lowest BCUT2D eigenvalue weighted by atomic mass is 9.97. The molecule has 3 heteroatoms. The molecule has 0 aromatic carbocycles. The van der Waals surface area contributed by atoms with Crippen molar-refractivity contribution in [1.82, 2.24) is 4.98 Å². The maximum Gasteiger partial charge on any atom is 0.156 e. The van der Waals surface area contributed by atoms with Gasteiger partial charge in [-0.3, -0.25) is 4.99 Å². The lowest BCUT2D eigenvalue weighted by Crippen LogP contribution is -2.07. The molecular formula is C20H29N3. The van der Waals surface area contributed by atoms with Crippen LogP contribution in [0.4, 0.5) is 11.5 Å². The number of hydrogen-bond donors (Lipinski definition) is 1. The van der Waals surface area contributed by atoms with E-state index < -0.39 is 0 Å². The molecule has 0 fully saturated rings. The van der Waals surface area contributed by atoms with Gasteiger partial charge in [0.15, 0.2) is 5.82 Å². The smallest absolute Gasteiger partial charge is 0.156 e. The third kappa shape index (κ3) is 4.54. The molecule has 1 aromatic heterocycles. The van der Waals surface area contributed by atoms with Gasteiger partial charge in [-0.25, -0.2) is 4.98 Å². The van der Waals surface area contributed by atoms with Gasteiger partial charge < -0.3 is 5.32 Å². The zero-order valence-electron chi connectivity index (χ0n) is 14.8. The number of aliphatic imine (C=N–C) groups is 1. The second-order valence-corrected chi connectivity index (χ2v) is 6.16. The zero-order valence-corrected chi connectivity index (χ0v) is 14.8. The summed E-state index contributed by atoms with van der Waals surface area (Å²) in [6, 6.07) is 0. The summed E-state index contributed by atoms with van der Waals surface area (Å²) >= 11 is 0. The predicted molar refractivity (Wildman–Crippen MR) is 102 cm³/mol. The van der Waals surface area contributed by atoms with E-state index in [2.05, 4.69) is 42.9 Å². The number of rotatable bonds is 8. The van der Waals surface area contributed by atoms with Crippen LogP contribution in [0.2, 0.25) is 0 Å². The average Bonchev–Trinajstić information content (AvgIpc) is 2.55. The number of pyridine rings is 1. The Morgan fingerprint density at radius 3 is 2.96 bits per heavy atom. The highest BCUT2D eigenvalue weighted by Crippen LogP contribution is 2.35. The van der Waals surface area contributed by atoms with Crippen molar-refractivity contribution in [2.45, 2.75) is 65.7 Å². The van der Waals surface area contributed by atoms with Gasteiger partial charge in [-0.05, 0) is 45.1 Å². The third-order valence-electron chi connectivity index (χ3n) is 4.26. The predicted octanol–water partition coefficient (Wildman–Crippen LogP) is 5.97. The Kier molecular flexibility index (Phi) is 6.57. The van der Waals surface area contributed by atoms with Gasteiger partial charge in [-0.15, -0.1) is 0 Å². The molecule has 0 spiro atoms. The van der Waals surface area contributed by atoms with Crippen molar-refractivity contribution < 1.29 is 0 Å². The largest absolute Gasteiger partial charge is 0.343 e. The first-order valence-corrected chi connectivity index (χ1v) is 8.80. The number of hydrogen-bond acceptors (Lipinski definition) is 3. The highest BCUT2D eigenvalue weighted by Gasteiger charge is 2.16. The summed E-state index contributed by atoms with van der Waals surface area (Å²) in [6.07, 6.45) is 14.3. The molecule has 1 N–H and O–H groups in total. The lowest BCUT2D eigenvalue weighted by molar-refractivity contribution is 0.665. The average molecular weight is 311 g/mol. The molecule has 23 heavy (non-hydrogen) atoms. The fourth-order valence-corrected chi connectivity index (χ4v) is 2.97. The molecule has 1 aliphatic rings. The van der Waals surface area contributed by atoms with Crippen molar-refractivity contribution in [3.8, 4) is 0 Å². The van der Waals surface area contributed by atoms with Crippen LogP contribution in [0.15, 0.2) is 23.3 Å². The van der Waals surface area contributed by atoms with Gasteiger partial charge in [-0.2, -0.15) is 0 Å². The third-order valence-corrected chi connectivity index (χ3v) is 4.26. The Labute approximate surface area is 140 Å². The lowest BCUT2D eigenvalue weighted by Gasteiger charge is -2.19. The van der Waals surface area contributed by atoms with Gasteiger partial charge in [0, 0.05) is 17.5 Å². The molecule has 0 amide bonds. The van der Waals surface area contributed by atoms with Crippen LogP contribution >= 0.6 is 0 Å². The molecule has 0 saturated heterocycles. The number of aromatic nitrogens is 1. The molecule has 0 bridgehead atoms. The van der Waals surface area contributed by atoms with Gasteiger partial charge in [-0.1, -0.05) is 44.9 Å². The molecule has 0 aliphatic heterocycles. The van der Waals surface area contributed by atoms with Crippen molar-refractivity contribution in [2.24, 2.45) is 4.99 Å². The molecule has 0 saturated carbocycles. The van der Waals surface area contributed by atoms with Crippen LogP contribution in [-0.2, 0) is 6.42 Å². The fraction of sp³-hybridized carbons (Fsp3) is 0.500. The maximum absolute atomic E-state index is 4.84. The van der Waals surface area contributed by atoms with E-state index in [-0.39, 0.29) is 0 Å². The molecule has 1 heterocycles. The second kappa shape index (κ2) is 8.66. The number of aryl methyl sites for hydroxylation is 1. The van der Waals surface area contributed by atoms with Crippen LogP contribution in [0.25, 0.3) is 6.08 Å². The van der Waals surface area contributed by atoms with Crippen LogP contribution in [-0.4, -0.2) is 11.2 Å². The highest BCUT2D eigenvalue weighted by molar-refractivity contribution is 5.77. The summed E-state index contributed by atoms with van der Waals surface area (Å²) in [5, 5.41) is 3.42. The molecule has 124 valence electrons. The minimum Gasteiger partial charge on any atom is -0.343 e. The summed E-state index contributed by atoms with van der Waals surface area (Å²) in [6.45, 7) is 10.5. The number of allylic oxidation sites excluding steroid dienone is 2. The van der Waals surface area contributed by atoms with Gasteiger partial charge in [0.2, 0.25) is 0 Å². The second-order valence-electron chi connectivity index (χ2n) is 6.16. The first-order chi connectivity index (χ1) is 11.2. The van der Waals surface area contributed by atoms with E-state index >= 15 is 0 Å². The van der Waals surface area contributed by atoms with Crippen molar-refractivity contribution >= 4 is 23.8 Å². The number of nitrogens with one attached hydrogen (secondary N) is 1. The van der Waals surface area contributed by atoms with E-state index in [1.54, 1.807) is 0 Å². The number of nitrogens with zero attached hydrogens (tertiary/aromatic N) is 2. The summed E-state index contributed by atoms with van der Waals surface area (Å²) in [7, 11) is 0. The van der Waals surface area contributed by atoms with E-state index in [0.717, 1.165) is 36.5 Å². The van der Waals surface area contributed by atoms with E-state index in [0.29, 0.717) is 0 Å². The summed E-state index contributed by atoms with van der Waals surface area (Å²) in [4.78, 5) is 9.39. The van der Waals surface area contributed by atoms with Crippen LogP contribution in [0, 0.1) is 6.92 Å². The van der Waals surface area contributed by atoms with E-state index in [4.69, 9.17) is 4.98 Å². The molecule has 3 nitrogen and oxygen atoms in total. The molecule has 0 radical (unpaired) electrons. The normalized spacial score (nSPS) is 13.3.